The van der Waals surface area contributed by atoms with Crippen molar-refractivity contribution in [1.82, 2.24) is 4.90 Å². The summed E-state index contributed by atoms with van der Waals surface area (Å²) < 4.78 is 38.1. The maximum Gasteiger partial charge on any atom is 0.309 e. The number of ether oxygens (including phenoxy) is 2. The molecule has 1 N–H and O–H groups in total. The molecule has 0 atom stereocenters. The summed E-state index contributed by atoms with van der Waals surface area (Å²) in [6, 6.07) is 12.6. The van der Waals surface area contributed by atoms with Gasteiger partial charge in [-0.2, -0.15) is 0 Å². The summed E-state index contributed by atoms with van der Waals surface area (Å²) in [5.41, 5.74) is 0.432. The molecule has 1 aliphatic rings. The number of benzene rings is 2. The fourth-order valence-electron chi connectivity index (χ4n) is 3.34. The van der Waals surface area contributed by atoms with Crippen molar-refractivity contribution in [1.29, 1.82) is 0 Å². The van der Waals surface area contributed by atoms with Crippen molar-refractivity contribution in [3.05, 3.63) is 53.6 Å². The van der Waals surface area contributed by atoms with Crippen molar-refractivity contribution in [2.24, 2.45) is 5.92 Å². The average molecular weight is 481 g/mol. The van der Waals surface area contributed by atoms with Gasteiger partial charge < -0.3 is 14.4 Å². The van der Waals surface area contributed by atoms with E-state index in [2.05, 4.69) is 4.72 Å². The third kappa shape index (κ3) is 6.14. The van der Waals surface area contributed by atoms with Gasteiger partial charge in [0.1, 0.15) is 5.75 Å². The predicted molar refractivity (Wildman–Crippen MR) is 120 cm³/mol. The SMILES string of the molecule is CCOC(=O)C1CCN(C(=O)COc2ccc(S(=O)(=O)Nc3ccccc3)cc2Cl)CC1. The molecule has 0 spiro atoms. The number of carbonyl (C=O) groups excluding carboxylic acids is 2. The number of nitrogens with one attached hydrogen (secondary N) is 1. The van der Waals surface area contributed by atoms with Crippen LogP contribution in [-0.2, 0) is 24.3 Å². The summed E-state index contributed by atoms with van der Waals surface area (Å²) in [4.78, 5) is 25.9. The molecule has 1 aliphatic heterocycles. The second kappa shape index (κ2) is 10.7. The van der Waals surface area contributed by atoms with Crippen molar-refractivity contribution in [2.45, 2.75) is 24.7 Å². The van der Waals surface area contributed by atoms with Gasteiger partial charge in [0.15, 0.2) is 6.61 Å². The molecule has 0 bridgehead atoms. The molecule has 1 amide bonds. The number of esters is 1. The summed E-state index contributed by atoms with van der Waals surface area (Å²) >= 11 is 6.20. The van der Waals surface area contributed by atoms with Crippen molar-refractivity contribution in [3.63, 3.8) is 0 Å². The van der Waals surface area contributed by atoms with E-state index in [0.29, 0.717) is 38.2 Å². The van der Waals surface area contributed by atoms with Crippen LogP contribution >= 0.6 is 11.6 Å². The summed E-state index contributed by atoms with van der Waals surface area (Å²) in [5.74, 6) is -0.432. The molecule has 32 heavy (non-hydrogen) atoms. The Morgan fingerprint density at radius 3 is 2.44 bits per heavy atom. The molecule has 0 unspecified atom stereocenters. The number of halogens is 1. The molecule has 8 nitrogen and oxygen atoms in total. The smallest absolute Gasteiger partial charge is 0.309 e. The van der Waals surface area contributed by atoms with Gasteiger partial charge in [-0.15, -0.1) is 0 Å². The van der Waals surface area contributed by atoms with Crippen molar-refractivity contribution in [2.75, 3.05) is 31.0 Å². The fourth-order valence-corrected chi connectivity index (χ4v) is 4.73. The third-order valence-electron chi connectivity index (χ3n) is 5.06. The first-order valence-electron chi connectivity index (χ1n) is 10.2. The number of likely N-dealkylation sites (tertiary alicyclic amines) is 1. The highest BCUT2D eigenvalue weighted by Crippen LogP contribution is 2.28. The number of hydrogen-bond acceptors (Lipinski definition) is 6. The second-order valence-corrected chi connectivity index (χ2v) is 9.35. The lowest BCUT2D eigenvalue weighted by Crippen LogP contribution is -2.42. The van der Waals surface area contributed by atoms with E-state index in [1.54, 1.807) is 42.2 Å². The van der Waals surface area contributed by atoms with Gasteiger partial charge in [0.25, 0.3) is 15.9 Å². The number of nitrogens with zero attached hydrogens (tertiary/aromatic N) is 1. The second-order valence-electron chi connectivity index (χ2n) is 7.26. The van der Waals surface area contributed by atoms with E-state index >= 15 is 0 Å². The number of hydrogen-bond donors (Lipinski definition) is 1. The van der Waals surface area contributed by atoms with Gasteiger partial charge >= 0.3 is 5.97 Å². The zero-order valence-electron chi connectivity index (χ0n) is 17.6. The Kier molecular flexibility index (Phi) is 7.98. The lowest BCUT2D eigenvalue weighted by atomic mass is 9.97. The zero-order valence-corrected chi connectivity index (χ0v) is 19.2. The van der Waals surface area contributed by atoms with E-state index in [1.807, 2.05) is 0 Å². The van der Waals surface area contributed by atoms with Crippen molar-refractivity contribution in [3.8, 4) is 5.75 Å². The van der Waals surface area contributed by atoms with E-state index in [9.17, 15) is 18.0 Å². The molecule has 0 radical (unpaired) electrons. The Hall–Kier alpha value is -2.78. The Labute approximate surface area is 192 Å². The summed E-state index contributed by atoms with van der Waals surface area (Å²) in [6.07, 6.45) is 1.10. The molecular weight excluding hydrogens is 456 g/mol. The van der Waals surface area contributed by atoms with Gasteiger partial charge in [-0.25, -0.2) is 8.42 Å². The standard InChI is InChI=1S/C22H25ClN2O6S/c1-2-30-22(27)16-10-12-25(13-11-16)21(26)15-31-20-9-8-18(14-19(20)23)32(28,29)24-17-6-4-3-5-7-17/h3-9,14,16,24H,2,10-13,15H2,1H3. The molecule has 1 saturated heterocycles. The molecule has 10 heteroatoms. The molecule has 1 fully saturated rings. The van der Waals surface area contributed by atoms with Crippen LogP contribution in [0.3, 0.4) is 0 Å². The molecule has 0 saturated carbocycles. The van der Waals surface area contributed by atoms with Gasteiger partial charge in [-0.3, -0.25) is 14.3 Å². The predicted octanol–water partition coefficient (Wildman–Crippen LogP) is 3.32. The van der Waals surface area contributed by atoms with Crippen LogP contribution in [0.2, 0.25) is 5.02 Å². The van der Waals surface area contributed by atoms with Gasteiger partial charge in [0, 0.05) is 18.8 Å². The van der Waals surface area contributed by atoms with Crippen LogP contribution in [0, 0.1) is 5.92 Å². The maximum absolute atomic E-state index is 12.5. The minimum atomic E-state index is -3.82. The number of sulfonamides is 1. The molecule has 172 valence electrons. The third-order valence-corrected chi connectivity index (χ3v) is 6.73. The van der Waals surface area contributed by atoms with Crippen molar-refractivity contribution < 1.29 is 27.5 Å². The topological polar surface area (TPSA) is 102 Å². The average Bonchev–Trinajstić information content (AvgIpc) is 2.78. The largest absolute Gasteiger partial charge is 0.482 e. The van der Waals surface area contributed by atoms with Gasteiger partial charge in [0.05, 0.1) is 22.4 Å². The van der Waals surface area contributed by atoms with Crippen LogP contribution in [0.5, 0.6) is 5.75 Å². The zero-order chi connectivity index (χ0) is 23.1. The number of rotatable bonds is 8. The lowest BCUT2D eigenvalue weighted by Gasteiger charge is -2.30. The van der Waals surface area contributed by atoms with E-state index in [0.717, 1.165) is 0 Å². The lowest BCUT2D eigenvalue weighted by molar-refractivity contribution is -0.151. The number of anilines is 1. The highest BCUT2D eigenvalue weighted by molar-refractivity contribution is 7.92. The van der Waals surface area contributed by atoms with Gasteiger partial charge in [0.2, 0.25) is 0 Å². The van der Waals surface area contributed by atoms with Gasteiger partial charge in [-0.1, -0.05) is 29.8 Å². The molecule has 2 aromatic rings. The first kappa shape index (κ1) is 23.9. The first-order valence-corrected chi connectivity index (χ1v) is 12.1. The summed E-state index contributed by atoms with van der Waals surface area (Å²) in [5, 5.41) is 0.0785. The normalized spacial score (nSPS) is 14.6. The highest BCUT2D eigenvalue weighted by atomic mass is 35.5. The first-order chi connectivity index (χ1) is 15.3. The fraction of sp³-hybridized carbons (Fsp3) is 0.364. The van der Waals surface area contributed by atoms with Crippen LogP contribution in [0.15, 0.2) is 53.4 Å². The minimum Gasteiger partial charge on any atom is -0.482 e. The van der Waals surface area contributed by atoms with Crippen LogP contribution in [0.4, 0.5) is 5.69 Å². The van der Waals surface area contributed by atoms with E-state index in [4.69, 9.17) is 21.1 Å². The molecule has 0 aliphatic carbocycles. The minimum absolute atomic E-state index is 0.0222. The monoisotopic (exact) mass is 480 g/mol. The summed E-state index contributed by atoms with van der Waals surface area (Å²) in [6.45, 7) is 2.76. The van der Waals surface area contributed by atoms with Gasteiger partial charge in [-0.05, 0) is 50.1 Å². The summed E-state index contributed by atoms with van der Waals surface area (Å²) in [7, 11) is -3.82. The Balaban J connectivity index is 1.55. The van der Waals surface area contributed by atoms with E-state index < -0.39 is 10.0 Å². The molecule has 3 rings (SSSR count). The molecule has 0 aromatic heterocycles. The van der Waals surface area contributed by atoms with Crippen LogP contribution in [0.25, 0.3) is 0 Å². The Bertz CT molecular complexity index is 1050. The quantitative estimate of drug-likeness (QED) is 0.581. The van der Waals surface area contributed by atoms with Crippen LogP contribution in [0.1, 0.15) is 19.8 Å². The highest BCUT2D eigenvalue weighted by Gasteiger charge is 2.28. The Morgan fingerprint density at radius 1 is 1.12 bits per heavy atom. The number of piperidine rings is 1. The van der Waals surface area contributed by atoms with E-state index in [1.165, 1.54) is 18.2 Å². The molecular formula is C22H25ClN2O6S. The van der Waals surface area contributed by atoms with Crippen molar-refractivity contribution >= 4 is 39.2 Å². The van der Waals surface area contributed by atoms with E-state index in [-0.39, 0.29) is 40.1 Å². The molecule has 2 aromatic carbocycles. The Morgan fingerprint density at radius 2 is 1.81 bits per heavy atom. The maximum atomic E-state index is 12.5. The number of amides is 1. The number of para-hydroxylation sites is 1. The number of carbonyl (C=O) groups is 2. The van der Waals surface area contributed by atoms with Crippen LogP contribution < -0.4 is 9.46 Å². The van der Waals surface area contributed by atoms with Crippen LogP contribution in [-0.4, -0.2) is 51.5 Å². The molecule has 1 heterocycles.